The predicted molar refractivity (Wildman–Crippen MR) is 73.8 cm³/mol. The summed E-state index contributed by atoms with van der Waals surface area (Å²) < 4.78 is 0. The van der Waals surface area contributed by atoms with Crippen LogP contribution in [0.15, 0.2) is 0 Å². The van der Waals surface area contributed by atoms with Gasteiger partial charge in [0.15, 0.2) is 0 Å². The number of rotatable bonds is 8. The number of carbonyl (C=O) groups is 1. The third kappa shape index (κ3) is 3.95. The predicted octanol–water partition coefficient (Wildman–Crippen LogP) is 1.95. The molecule has 1 fully saturated rings. The second-order valence-corrected chi connectivity index (χ2v) is 5.47. The lowest BCUT2D eigenvalue weighted by Gasteiger charge is -2.27. The van der Waals surface area contributed by atoms with E-state index in [2.05, 4.69) is 24.1 Å². The lowest BCUT2D eigenvalue weighted by molar-refractivity contribution is -0.139. The number of carboxylic acids is 1. The van der Waals surface area contributed by atoms with Gasteiger partial charge in [-0.2, -0.15) is 0 Å². The molecular weight excluding hydrogens is 228 g/mol. The van der Waals surface area contributed by atoms with Crippen molar-refractivity contribution < 1.29 is 9.90 Å². The van der Waals surface area contributed by atoms with Crippen LogP contribution in [-0.2, 0) is 4.79 Å². The highest BCUT2D eigenvalue weighted by Gasteiger charge is 2.34. The van der Waals surface area contributed by atoms with Crippen LogP contribution >= 0.6 is 0 Å². The van der Waals surface area contributed by atoms with Crippen LogP contribution in [0.2, 0.25) is 0 Å². The highest BCUT2D eigenvalue weighted by molar-refractivity contribution is 5.73. The van der Waals surface area contributed by atoms with Gasteiger partial charge in [0.05, 0.1) is 0 Å². The fraction of sp³-hybridized carbons (Fsp3) is 0.929. The zero-order valence-electron chi connectivity index (χ0n) is 12.0. The first-order valence-electron chi connectivity index (χ1n) is 7.25. The maximum absolute atomic E-state index is 11.1. The van der Waals surface area contributed by atoms with E-state index in [1.54, 1.807) is 0 Å². The molecule has 0 aromatic rings. The molecule has 1 unspecified atom stereocenters. The van der Waals surface area contributed by atoms with Crippen molar-refractivity contribution in [2.45, 2.75) is 52.5 Å². The summed E-state index contributed by atoms with van der Waals surface area (Å²) in [6, 6.07) is -0.395. The van der Waals surface area contributed by atoms with E-state index in [9.17, 15) is 4.79 Å². The van der Waals surface area contributed by atoms with Gasteiger partial charge in [-0.1, -0.05) is 20.8 Å². The second-order valence-electron chi connectivity index (χ2n) is 5.47. The topological polar surface area (TPSA) is 52.6 Å². The molecule has 0 saturated carbocycles. The van der Waals surface area contributed by atoms with Gasteiger partial charge in [-0.3, -0.25) is 4.79 Å². The fourth-order valence-electron chi connectivity index (χ4n) is 2.92. The molecule has 1 aliphatic rings. The summed E-state index contributed by atoms with van der Waals surface area (Å²) >= 11 is 0. The average molecular weight is 256 g/mol. The molecule has 0 aromatic heterocycles. The van der Waals surface area contributed by atoms with Crippen molar-refractivity contribution in [3.05, 3.63) is 0 Å². The van der Waals surface area contributed by atoms with Gasteiger partial charge in [0, 0.05) is 13.1 Å². The number of likely N-dealkylation sites (N-methyl/N-ethyl adjacent to an activating group) is 1. The SMILES string of the molecule is CCNC(CCN1CCC(CC)(CC)C1)C(=O)O. The molecule has 0 bridgehead atoms. The Morgan fingerprint density at radius 1 is 1.39 bits per heavy atom. The highest BCUT2D eigenvalue weighted by atomic mass is 16.4. The Kier molecular flexibility index (Phi) is 6.09. The molecule has 0 spiro atoms. The minimum absolute atomic E-state index is 0.395. The summed E-state index contributed by atoms with van der Waals surface area (Å²) in [5.41, 5.74) is 0.483. The number of hydrogen-bond acceptors (Lipinski definition) is 3. The second kappa shape index (κ2) is 7.10. The Balaban J connectivity index is 2.38. The maximum atomic E-state index is 11.1. The van der Waals surface area contributed by atoms with Crippen molar-refractivity contribution in [1.29, 1.82) is 0 Å². The van der Waals surface area contributed by atoms with Crippen molar-refractivity contribution in [2.24, 2.45) is 5.41 Å². The van der Waals surface area contributed by atoms with Crippen LogP contribution in [0.1, 0.15) is 46.5 Å². The Morgan fingerprint density at radius 3 is 2.50 bits per heavy atom. The molecule has 18 heavy (non-hydrogen) atoms. The number of hydrogen-bond donors (Lipinski definition) is 2. The molecule has 4 nitrogen and oxygen atoms in total. The van der Waals surface area contributed by atoms with Crippen molar-refractivity contribution >= 4 is 5.97 Å². The number of likely N-dealkylation sites (tertiary alicyclic amines) is 1. The normalized spacial score (nSPS) is 21.1. The van der Waals surface area contributed by atoms with Crippen LogP contribution in [-0.4, -0.2) is 48.2 Å². The van der Waals surface area contributed by atoms with E-state index in [4.69, 9.17) is 5.11 Å². The molecule has 0 aromatic carbocycles. The first-order chi connectivity index (χ1) is 8.56. The first kappa shape index (κ1) is 15.4. The smallest absolute Gasteiger partial charge is 0.320 e. The Morgan fingerprint density at radius 2 is 2.06 bits per heavy atom. The summed E-state index contributed by atoms with van der Waals surface area (Å²) in [4.78, 5) is 13.5. The Hall–Kier alpha value is -0.610. The lowest BCUT2D eigenvalue weighted by atomic mass is 9.82. The molecule has 1 atom stereocenters. The largest absolute Gasteiger partial charge is 0.480 e. The van der Waals surface area contributed by atoms with Crippen LogP contribution < -0.4 is 5.32 Å². The lowest BCUT2D eigenvalue weighted by Crippen LogP contribution is -2.39. The molecule has 2 N–H and O–H groups in total. The van der Waals surface area contributed by atoms with Crippen LogP contribution in [0, 0.1) is 5.41 Å². The molecular formula is C14H28N2O2. The molecule has 1 saturated heterocycles. The zero-order valence-corrected chi connectivity index (χ0v) is 12.0. The average Bonchev–Trinajstić information content (AvgIpc) is 2.78. The number of aliphatic carboxylic acids is 1. The van der Waals surface area contributed by atoms with Crippen molar-refractivity contribution in [3.8, 4) is 0 Å². The molecule has 1 rings (SSSR count). The Bertz CT molecular complexity index is 265. The third-order valence-corrected chi connectivity index (χ3v) is 4.50. The van der Waals surface area contributed by atoms with E-state index in [0.717, 1.165) is 19.6 Å². The van der Waals surface area contributed by atoms with Crippen LogP contribution in [0.5, 0.6) is 0 Å². The number of nitrogens with one attached hydrogen (secondary N) is 1. The van der Waals surface area contributed by atoms with Crippen molar-refractivity contribution in [3.63, 3.8) is 0 Å². The van der Waals surface area contributed by atoms with Gasteiger partial charge in [-0.25, -0.2) is 0 Å². The van der Waals surface area contributed by atoms with Gasteiger partial charge in [-0.15, -0.1) is 0 Å². The summed E-state index contributed by atoms with van der Waals surface area (Å²) in [7, 11) is 0. The minimum Gasteiger partial charge on any atom is -0.480 e. The van der Waals surface area contributed by atoms with Gasteiger partial charge in [0.1, 0.15) is 6.04 Å². The highest BCUT2D eigenvalue weighted by Crippen LogP contribution is 2.36. The van der Waals surface area contributed by atoms with E-state index >= 15 is 0 Å². The van der Waals surface area contributed by atoms with E-state index in [-0.39, 0.29) is 0 Å². The first-order valence-corrected chi connectivity index (χ1v) is 7.25. The Labute approximate surface area is 111 Å². The molecule has 0 radical (unpaired) electrons. The summed E-state index contributed by atoms with van der Waals surface area (Å²) in [6.45, 7) is 10.4. The molecule has 0 amide bonds. The van der Waals surface area contributed by atoms with Gasteiger partial charge >= 0.3 is 5.97 Å². The van der Waals surface area contributed by atoms with Crippen molar-refractivity contribution in [1.82, 2.24) is 10.2 Å². The van der Waals surface area contributed by atoms with Crippen LogP contribution in [0.25, 0.3) is 0 Å². The van der Waals surface area contributed by atoms with Gasteiger partial charge < -0.3 is 15.3 Å². The van der Waals surface area contributed by atoms with Gasteiger partial charge in [0.2, 0.25) is 0 Å². The molecule has 0 aliphatic carbocycles. The molecule has 106 valence electrons. The van der Waals surface area contributed by atoms with Gasteiger partial charge in [0.25, 0.3) is 0 Å². The zero-order chi connectivity index (χ0) is 13.6. The third-order valence-electron chi connectivity index (χ3n) is 4.50. The fourth-order valence-corrected chi connectivity index (χ4v) is 2.92. The molecule has 4 heteroatoms. The van der Waals surface area contributed by atoms with Crippen molar-refractivity contribution in [2.75, 3.05) is 26.2 Å². The maximum Gasteiger partial charge on any atom is 0.320 e. The molecule has 1 heterocycles. The summed E-state index contributed by atoms with van der Waals surface area (Å²) in [5.74, 6) is -0.728. The minimum atomic E-state index is -0.728. The number of nitrogens with zero attached hydrogens (tertiary/aromatic N) is 1. The quantitative estimate of drug-likeness (QED) is 0.697. The van der Waals surface area contributed by atoms with E-state index in [0.29, 0.717) is 18.4 Å². The summed E-state index contributed by atoms with van der Waals surface area (Å²) in [5, 5.41) is 12.1. The van der Waals surface area contributed by atoms with Crippen LogP contribution in [0.3, 0.4) is 0 Å². The monoisotopic (exact) mass is 256 g/mol. The number of carboxylic acid groups (broad SMARTS) is 1. The standard InChI is InChI=1S/C14H28N2O2/c1-4-14(5-2)8-10-16(11-14)9-7-12(13(17)18)15-6-3/h12,15H,4-11H2,1-3H3,(H,17,18). The van der Waals surface area contributed by atoms with Gasteiger partial charge in [-0.05, 0) is 44.2 Å². The van der Waals surface area contributed by atoms with E-state index < -0.39 is 12.0 Å². The summed E-state index contributed by atoms with van der Waals surface area (Å²) in [6.07, 6.45) is 4.43. The van der Waals surface area contributed by atoms with E-state index in [1.807, 2.05) is 6.92 Å². The molecule has 1 aliphatic heterocycles. The van der Waals surface area contributed by atoms with E-state index in [1.165, 1.54) is 19.3 Å². The van der Waals surface area contributed by atoms with Crippen LogP contribution in [0.4, 0.5) is 0 Å².